The molecule has 1 N–H and O–H groups in total. The van der Waals surface area contributed by atoms with E-state index in [0.717, 1.165) is 0 Å². The highest BCUT2D eigenvalue weighted by Crippen LogP contribution is 2.10. The Morgan fingerprint density at radius 3 is 2.93 bits per heavy atom. The Morgan fingerprint density at radius 1 is 1.71 bits per heavy atom. The highest BCUT2D eigenvalue weighted by molar-refractivity contribution is 5.94. The molecular weight excluding hydrogens is 184 g/mol. The summed E-state index contributed by atoms with van der Waals surface area (Å²) in [6, 6.07) is 0. The van der Waals surface area contributed by atoms with Crippen LogP contribution in [0.3, 0.4) is 0 Å². The van der Waals surface area contributed by atoms with Crippen molar-refractivity contribution in [2.24, 2.45) is 0 Å². The number of carbonyl (C=O) groups excluding carboxylic acids is 1. The predicted molar refractivity (Wildman–Crippen MR) is 50.0 cm³/mol. The lowest BCUT2D eigenvalue weighted by atomic mass is 10.2. The molecule has 0 atom stereocenters. The van der Waals surface area contributed by atoms with Crippen molar-refractivity contribution in [3.05, 3.63) is 17.5 Å². The molecule has 1 rings (SSSR count). The molecule has 0 spiro atoms. The van der Waals surface area contributed by atoms with Crippen LogP contribution in [0.4, 0.5) is 0 Å². The highest BCUT2D eigenvalue weighted by atomic mass is 16.5. The Kier molecular flexibility index (Phi) is 3.79. The molecule has 0 aliphatic heterocycles. The van der Waals surface area contributed by atoms with Gasteiger partial charge in [0.2, 0.25) is 0 Å². The molecule has 0 unspecified atom stereocenters. The minimum absolute atomic E-state index is 0.00423. The Labute approximate surface area is 82.3 Å². The summed E-state index contributed by atoms with van der Waals surface area (Å²) >= 11 is 0. The fraction of sp³-hybridized carbons (Fsp3) is 0.556. The van der Waals surface area contributed by atoms with Crippen LogP contribution in [-0.2, 0) is 17.9 Å². The predicted octanol–water partition coefficient (Wildman–Crippen LogP) is 0.224. The molecule has 0 amide bonds. The monoisotopic (exact) mass is 198 g/mol. The normalized spacial score (nSPS) is 10.5. The summed E-state index contributed by atoms with van der Waals surface area (Å²) in [6.45, 7) is 2.19. The van der Waals surface area contributed by atoms with E-state index in [9.17, 15) is 4.79 Å². The van der Waals surface area contributed by atoms with Crippen LogP contribution in [-0.4, -0.2) is 34.4 Å². The van der Waals surface area contributed by atoms with Crippen LogP contribution in [0.25, 0.3) is 0 Å². The second-order valence-electron chi connectivity index (χ2n) is 2.94. The van der Waals surface area contributed by atoms with E-state index in [2.05, 4.69) is 5.10 Å². The second kappa shape index (κ2) is 4.88. The fourth-order valence-electron chi connectivity index (χ4n) is 1.28. The van der Waals surface area contributed by atoms with E-state index in [4.69, 9.17) is 9.84 Å². The summed E-state index contributed by atoms with van der Waals surface area (Å²) in [5.41, 5.74) is 1.27. The molecule has 0 aliphatic carbocycles. The zero-order valence-corrected chi connectivity index (χ0v) is 8.36. The molecule has 1 heterocycles. The summed E-state index contributed by atoms with van der Waals surface area (Å²) in [6.07, 6.45) is 1.51. The van der Waals surface area contributed by atoms with E-state index >= 15 is 0 Å². The number of aromatic nitrogens is 2. The first-order valence-electron chi connectivity index (χ1n) is 4.36. The minimum Gasteiger partial charge on any atom is -0.394 e. The molecule has 0 saturated carbocycles. The van der Waals surface area contributed by atoms with Gasteiger partial charge in [0.25, 0.3) is 0 Å². The fourth-order valence-corrected chi connectivity index (χ4v) is 1.28. The van der Waals surface area contributed by atoms with E-state index in [1.54, 1.807) is 11.8 Å². The largest absolute Gasteiger partial charge is 0.394 e. The van der Waals surface area contributed by atoms with Gasteiger partial charge in [-0.25, -0.2) is 0 Å². The first-order chi connectivity index (χ1) is 6.70. The lowest BCUT2D eigenvalue weighted by Gasteiger charge is -2.05. The molecule has 1 aromatic rings. The van der Waals surface area contributed by atoms with Gasteiger partial charge in [-0.3, -0.25) is 9.48 Å². The molecule has 5 heteroatoms. The molecule has 5 nitrogen and oxygen atoms in total. The Morgan fingerprint density at radius 2 is 2.43 bits per heavy atom. The molecule has 1 aromatic heterocycles. The summed E-state index contributed by atoms with van der Waals surface area (Å²) in [4.78, 5) is 11.2. The van der Waals surface area contributed by atoms with Crippen molar-refractivity contribution in [3.63, 3.8) is 0 Å². The third-order valence-electron chi connectivity index (χ3n) is 1.92. The van der Waals surface area contributed by atoms with Gasteiger partial charge in [0, 0.05) is 7.11 Å². The van der Waals surface area contributed by atoms with Gasteiger partial charge in [-0.2, -0.15) is 5.10 Å². The van der Waals surface area contributed by atoms with Crippen LogP contribution >= 0.6 is 0 Å². The Bertz CT molecular complexity index is 320. The van der Waals surface area contributed by atoms with E-state index in [1.807, 2.05) is 0 Å². The van der Waals surface area contributed by atoms with Gasteiger partial charge in [-0.1, -0.05) is 0 Å². The highest BCUT2D eigenvalue weighted by Gasteiger charge is 2.13. The number of carbonyl (C=O) groups is 1. The number of ketones is 1. The van der Waals surface area contributed by atoms with Gasteiger partial charge in [0.05, 0.1) is 37.2 Å². The van der Waals surface area contributed by atoms with Crippen LogP contribution in [0, 0.1) is 0 Å². The second-order valence-corrected chi connectivity index (χ2v) is 2.94. The number of aliphatic hydroxyl groups excluding tert-OH is 1. The lowest BCUT2D eigenvalue weighted by Crippen LogP contribution is -2.10. The number of aliphatic hydroxyl groups is 1. The van der Waals surface area contributed by atoms with Crippen molar-refractivity contribution in [1.82, 2.24) is 9.78 Å². The number of rotatable bonds is 5. The number of Topliss-reactive ketones (excluding diaryl/α,β-unsaturated/α-hetero) is 1. The summed E-state index contributed by atoms with van der Waals surface area (Å²) in [7, 11) is 1.56. The van der Waals surface area contributed by atoms with E-state index in [-0.39, 0.29) is 12.4 Å². The summed E-state index contributed by atoms with van der Waals surface area (Å²) < 4.78 is 6.55. The quantitative estimate of drug-likeness (QED) is 0.687. The topological polar surface area (TPSA) is 64.3 Å². The van der Waals surface area contributed by atoms with Gasteiger partial charge in [-0.05, 0) is 6.92 Å². The maximum absolute atomic E-state index is 11.2. The van der Waals surface area contributed by atoms with Crippen LogP contribution < -0.4 is 0 Å². The lowest BCUT2D eigenvalue weighted by molar-refractivity contribution is 0.101. The average molecular weight is 198 g/mol. The molecule has 0 aliphatic rings. The van der Waals surface area contributed by atoms with E-state index in [1.165, 1.54) is 13.1 Å². The van der Waals surface area contributed by atoms with E-state index < -0.39 is 0 Å². The minimum atomic E-state index is -0.0405. The molecule has 0 fully saturated rings. The van der Waals surface area contributed by atoms with Gasteiger partial charge in [-0.15, -0.1) is 0 Å². The smallest absolute Gasteiger partial charge is 0.163 e. The molecule has 78 valence electrons. The van der Waals surface area contributed by atoms with Gasteiger partial charge in [0.15, 0.2) is 5.78 Å². The third-order valence-corrected chi connectivity index (χ3v) is 1.92. The van der Waals surface area contributed by atoms with Crippen LogP contribution in [0.5, 0.6) is 0 Å². The molecule has 0 saturated heterocycles. The zero-order chi connectivity index (χ0) is 10.6. The number of ether oxygens (including phenoxy) is 1. The average Bonchev–Trinajstić information content (AvgIpc) is 2.50. The van der Waals surface area contributed by atoms with Gasteiger partial charge in [0.1, 0.15) is 0 Å². The van der Waals surface area contributed by atoms with E-state index in [0.29, 0.717) is 24.4 Å². The Balaban J connectivity index is 3.00. The summed E-state index contributed by atoms with van der Waals surface area (Å²) in [5.74, 6) is -0.0405. The first-order valence-corrected chi connectivity index (χ1v) is 4.36. The number of hydrogen-bond donors (Lipinski definition) is 1. The van der Waals surface area contributed by atoms with Crippen molar-refractivity contribution >= 4 is 5.78 Å². The SMILES string of the molecule is COCc1c(C(C)=O)cnn1CCO. The maximum atomic E-state index is 11.2. The molecule has 0 bridgehead atoms. The maximum Gasteiger partial charge on any atom is 0.163 e. The molecular formula is C9H14N2O3. The molecule has 14 heavy (non-hydrogen) atoms. The first kappa shape index (κ1) is 10.9. The third kappa shape index (κ3) is 2.18. The van der Waals surface area contributed by atoms with Crippen molar-refractivity contribution in [2.75, 3.05) is 13.7 Å². The number of methoxy groups -OCH3 is 1. The standard InChI is InChI=1S/C9H14N2O3/c1-7(13)8-5-10-11(3-4-12)9(8)6-14-2/h5,12H,3-4,6H2,1-2H3. The number of hydrogen-bond acceptors (Lipinski definition) is 4. The van der Waals surface area contributed by atoms with Crippen LogP contribution in [0.15, 0.2) is 6.20 Å². The van der Waals surface area contributed by atoms with Crippen molar-refractivity contribution in [1.29, 1.82) is 0 Å². The van der Waals surface area contributed by atoms with Crippen LogP contribution in [0.2, 0.25) is 0 Å². The van der Waals surface area contributed by atoms with Crippen molar-refractivity contribution in [2.45, 2.75) is 20.1 Å². The van der Waals surface area contributed by atoms with Gasteiger partial charge >= 0.3 is 0 Å². The zero-order valence-electron chi connectivity index (χ0n) is 8.36. The molecule has 0 radical (unpaired) electrons. The van der Waals surface area contributed by atoms with Crippen molar-refractivity contribution in [3.8, 4) is 0 Å². The van der Waals surface area contributed by atoms with Crippen molar-refractivity contribution < 1.29 is 14.6 Å². The van der Waals surface area contributed by atoms with Gasteiger partial charge < -0.3 is 9.84 Å². The Hall–Kier alpha value is -1.20. The number of nitrogens with zero attached hydrogens (tertiary/aromatic N) is 2. The van der Waals surface area contributed by atoms with Crippen LogP contribution in [0.1, 0.15) is 23.0 Å². The summed E-state index contributed by atoms with van der Waals surface area (Å²) in [5, 5.41) is 12.8. The molecule has 0 aromatic carbocycles.